The van der Waals surface area contributed by atoms with Crippen LogP contribution in [0.5, 0.6) is 0 Å². The largest absolute Gasteiger partial charge is 0.460 e. The Morgan fingerprint density at radius 3 is 2.32 bits per heavy atom. The van der Waals surface area contributed by atoms with E-state index in [0.717, 1.165) is 12.0 Å². The number of fused-ring (bicyclic) bond motifs is 3. The maximum Gasteiger partial charge on any atom is 0.329 e. The van der Waals surface area contributed by atoms with Gasteiger partial charge in [0.05, 0.1) is 18.3 Å². The van der Waals surface area contributed by atoms with Gasteiger partial charge in [0.25, 0.3) is 11.7 Å². The summed E-state index contributed by atoms with van der Waals surface area (Å²) in [4.78, 5) is 71.4. The molecule has 4 aliphatic rings. The Kier molecular flexibility index (Phi) is 19.9. The number of amides is 1. The molecule has 1 amide bonds. The number of ether oxygens (including phenoxy) is 4. The van der Waals surface area contributed by atoms with Gasteiger partial charge in [-0.15, -0.1) is 0 Å². The van der Waals surface area contributed by atoms with Gasteiger partial charge in [0, 0.05) is 44.9 Å². The predicted molar refractivity (Wildman–Crippen MR) is 239 cm³/mol. The maximum atomic E-state index is 14.3. The second-order valence-corrected chi connectivity index (χ2v) is 18.9. The Morgan fingerprint density at radius 2 is 1.62 bits per heavy atom. The Bertz CT molecular complexity index is 1750. The second-order valence-electron chi connectivity index (χ2n) is 18.9. The summed E-state index contributed by atoms with van der Waals surface area (Å²) in [7, 11) is 2.95. The van der Waals surface area contributed by atoms with E-state index in [4.69, 9.17) is 18.9 Å². The lowest BCUT2D eigenvalue weighted by atomic mass is 9.78. The second kappa shape index (κ2) is 24.1. The summed E-state index contributed by atoms with van der Waals surface area (Å²) in [6.07, 6.45) is 14.9. The molecule has 0 aromatic rings. The minimum absolute atomic E-state index is 0.0361. The van der Waals surface area contributed by atoms with Crippen LogP contribution in [0.2, 0.25) is 0 Å². The highest BCUT2D eigenvalue weighted by molar-refractivity contribution is 6.39. The molecule has 14 atom stereocenters. The molecule has 3 aliphatic heterocycles. The number of methoxy groups -OCH3 is 2. The molecule has 0 radical (unpaired) electrons. The molecule has 2 saturated heterocycles. The van der Waals surface area contributed by atoms with Crippen LogP contribution >= 0.6 is 0 Å². The van der Waals surface area contributed by atoms with Crippen molar-refractivity contribution in [3.63, 3.8) is 0 Å². The quantitative estimate of drug-likeness (QED) is 0.159. The van der Waals surface area contributed by atoms with E-state index in [2.05, 4.69) is 0 Å². The van der Waals surface area contributed by atoms with E-state index in [1.807, 2.05) is 64.2 Å². The summed E-state index contributed by atoms with van der Waals surface area (Å²) in [5.74, 6) is -7.85. The molecule has 3 N–H and O–H groups in total. The number of carbonyl (C=O) groups excluding carboxylic acids is 5. The predicted octanol–water partition coefficient (Wildman–Crippen LogP) is 6.33. The summed E-state index contributed by atoms with van der Waals surface area (Å²) in [5, 5.41) is 33.6. The van der Waals surface area contributed by atoms with Gasteiger partial charge < -0.3 is 39.2 Å². The number of ketones is 3. The molecular weight excluding hydrogens is 807 g/mol. The number of esters is 1. The first-order valence-electron chi connectivity index (χ1n) is 23.1. The van der Waals surface area contributed by atoms with Gasteiger partial charge in [0.15, 0.2) is 5.78 Å². The minimum atomic E-state index is -2.41. The first-order valence-corrected chi connectivity index (χ1v) is 23.1. The third-order valence-electron chi connectivity index (χ3n) is 13.7. The average molecular weight is 882 g/mol. The van der Waals surface area contributed by atoms with Gasteiger partial charge in [-0.05, 0) is 101 Å². The fraction of sp³-hybridized carbons (Fsp3) is 0.700. The van der Waals surface area contributed by atoms with E-state index in [-0.39, 0.29) is 54.8 Å². The van der Waals surface area contributed by atoms with Crippen molar-refractivity contribution in [1.82, 2.24) is 4.90 Å². The molecule has 0 aromatic carbocycles. The van der Waals surface area contributed by atoms with Gasteiger partial charge >= 0.3 is 5.97 Å². The third-order valence-corrected chi connectivity index (χ3v) is 13.7. The third kappa shape index (κ3) is 14.0. The number of aliphatic hydroxyl groups excluding tert-OH is 2. The lowest BCUT2D eigenvalue weighted by Gasteiger charge is -2.41. The normalized spacial score (nSPS) is 40.4. The molecule has 1 saturated carbocycles. The van der Waals surface area contributed by atoms with Gasteiger partial charge in [0.1, 0.15) is 30.1 Å². The monoisotopic (exact) mass is 882 g/mol. The van der Waals surface area contributed by atoms with Crippen LogP contribution in [0.15, 0.2) is 59.8 Å². The first kappa shape index (κ1) is 52.0. The fourth-order valence-electron chi connectivity index (χ4n) is 9.54. The molecule has 0 spiro atoms. The van der Waals surface area contributed by atoms with Gasteiger partial charge in [0.2, 0.25) is 5.79 Å². The summed E-state index contributed by atoms with van der Waals surface area (Å²) in [6.45, 7) is 12.7. The van der Waals surface area contributed by atoms with Gasteiger partial charge in [-0.25, -0.2) is 4.79 Å². The highest BCUT2D eigenvalue weighted by Crippen LogP contribution is 2.36. The number of carbonyl (C=O) groups is 5. The molecule has 13 heteroatoms. The van der Waals surface area contributed by atoms with Crippen LogP contribution in [0.1, 0.15) is 119 Å². The van der Waals surface area contributed by atoms with E-state index in [1.165, 1.54) is 12.0 Å². The van der Waals surface area contributed by atoms with Gasteiger partial charge in [-0.2, -0.15) is 0 Å². The number of nitrogens with zero attached hydrogens (tertiary/aromatic N) is 1. The molecule has 4 rings (SSSR count). The lowest BCUT2D eigenvalue weighted by Crippen LogP contribution is -2.60. The van der Waals surface area contributed by atoms with Crippen molar-refractivity contribution in [3.05, 3.63) is 59.8 Å². The Morgan fingerprint density at radius 1 is 0.889 bits per heavy atom. The summed E-state index contributed by atoms with van der Waals surface area (Å²) in [5.41, 5.74) is 1.27. The molecule has 63 heavy (non-hydrogen) atoms. The van der Waals surface area contributed by atoms with E-state index >= 15 is 0 Å². The van der Waals surface area contributed by atoms with Crippen molar-refractivity contribution in [2.45, 2.75) is 168 Å². The van der Waals surface area contributed by atoms with E-state index in [1.54, 1.807) is 40.0 Å². The van der Waals surface area contributed by atoms with Crippen LogP contribution in [-0.2, 0) is 42.9 Å². The smallest absolute Gasteiger partial charge is 0.329 e. The number of Topliss-reactive ketones (excluding diaryl/α,β-unsaturated/α-hetero) is 3. The van der Waals surface area contributed by atoms with Crippen molar-refractivity contribution in [3.8, 4) is 0 Å². The first-order chi connectivity index (χ1) is 29.8. The minimum Gasteiger partial charge on any atom is -0.460 e. The molecule has 352 valence electrons. The number of rotatable bonds is 5. The molecule has 3 fully saturated rings. The zero-order valence-corrected chi connectivity index (χ0v) is 39.1. The van der Waals surface area contributed by atoms with Crippen LogP contribution in [0.3, 0.4) is 0 Å². The molecule has 3 heterocycles. The Hall–Kier alpha value is -3.59. The number of cyclic esters (lactones) is 1. The number of piperidine rings is 1. The molecular formula is C50H75NO12. The standard InChI is InChI=1S/C50H75NO12/c1-30-15-11-10-12-16-31(2)25-34(5)44(54)46(61-9)45(55)35(6)26-32(3)41(53)29-42(33(4)27-37-20-23-40(52)43(28-37)60-8)62-49(58)39-17-13-14-24-51(39)48(57)47(56)50(59)36(7)19-22-38(63-50)21-18-30/h10-12,15-16,18,21,26,31-34,36-40,42-43,45-46,52,55,59H,13-14,17,19-20,22-25,27-29H2,1-9H3/b11-10+,16-12+,21-18+,30-15+,35-26+/t31-,32-,33-,34-,36-,37+,38-,39+,40-,42+,43-,45-,46+,50-/m1/s1. The van der Waals surface area contributed by atoms with Crippen molar-refractivity contribution in [2.24, 2.45) is 35.5 Å². The lowest BCUT2D eigenvalue weighted by molar-refractivity contribution is -0.254. The van der Waals surface area contributed by atoms with Crippen LogP contribution in [0.4, 0.5) is 0 Å². The molecule has 13 nitrogen and oxygen atoms in total. The van der Waals surface area contributed by atoms with E-state index < -0.39 is 77.8 Å². The number of aliphatic hydroxyl groups is 3. The van der Waals surface area contributed by atoms with Crippen LogP contribution in [0.25, 0.3) is 0 Å². The van der Waals surface area contributed by atoms with Crippen molar-refractivity contribution >= 4 is 29.2 Å². The Balaban J connectivity index is 1.69. The van der Waals surface area contributed by atoms with Crippen molar-refractivity contribution in [1.29, 1.82) is 0 Å². The number of allylic oxidation sites excluding steroid dienone is 8. The van der Waals surface area contributed by atoms with Crippen LogP contribution in [-0.4, -0.2) is 119 Å². The van der Waals surface area contributed by atoms with E-state index in [0.29, 0.717) is 56.9 Å². The van der Waals surface area contributed by atoms with Crippen LogP contribution in [0, 0.1) is 35.5 Å². The summed E-state index contributed by atoms with van der Waals surface area (Å²) < 4.78 is 23.4. The van der Waals surface area contributed by atoms with Gasteiger partial charge in [-0.3, -0.25) is 19.2 Å². The van der Waals surface area contributed by atoms with E-state index in [9.17, 15) is 39.3 Å². The van der Waals surface area contributed by atoms with Crippen LogP contribution < -0.4 is 0 Å². The SMILES string of the molecule is CO[C@@H]1C[C@H](C[C@@H](C)[C@@H]2CC(=O)[C@H](C)/C=C(\C)[C@@H](O)[C@@H](OC)C(=O)[C@H](C)C[C@H](C)/C=C/C=C/C=C(C)/C=C/[C@@H]3CC[C@@H](C)[C@@](O)(O3)C(=O)C(=O)N3CCCC[C@H]3C(=O)O2)CC[C@H]1O. The summed E-state index contributed by atoms with van der Waals surface area (Å²) in [6, 6.07) is -1.13. The average Bonchev–Trinajstić information content (AvgIpc) is 3.26. The zero-order valence-electron chi connectivity index (χ0n) is 39.1. The zero-order chi connectivity index (χ0) is 46.6. The molecule has 0 unspecified atom stereocenters. The molecule has 0 aromatic heterocycles. The Labute approximate surface area is 375 Å². The number of hydrogen-bond donors (Lipinski definition) is 3. The highest BCUT2D eigenvalue weighted by Gasteiger charge is 2.52. The maximum absolute atomic E-state index is 14.3. The van der Waals surface area contributed by atoms with Gasteiger partial charge in [-0.1, -0.05) is 88.8 Å². The molecule has 1 aliphatic carbocycles. The molecule has 2 bridgehead atoms. The number of hydrogen-bond acceptors (Lipinski definition) is 12. The summed E-state index contributed by atoms with van der Waals surface area (Å²) >= 11 is 0. The topological polar surface area (TPSA) is 186 Å². The van der Waals surface area contributed by atoms with Crippen molar-refractivity contribution in [2.75, 3.05) is 20.8 Å². The fourth-order valence-corrected chi connectivity index (χ4v) is 9.54. The highest BCUT2D eigenvalue weighted by atomic mass is 16.6. The van der Waals surface area contributed by atoms with Crippen molar-refractivity contribution < 1.29 is 58.2 Å².